The third-order valence-electron chi connectivity index (χ3n) is 22.5. The number of carbonyl (C=O) groups excluding carboxylic acids is 7. The van der Waals surface area contributed by atoms with Crippen LogP contribution in [0.1, 0.15) is 302 Å². The summed E-state index contributed by atoms with van der Waals surface area (Å²) < 4.78 is 72.4. The number of unbranched alkanes of at least 4 members (excludes halogenated alkanes) is 1. The lowest BCUT2D eigenvalue weighted by molar-refractivity contribution is -0.133. The van der Waals surface area contributed by atoms with Gasteiger partial charge < -0.3 is 93.6 Å². The third kappa shape index (κ3) is 60.7. The van der Waals surface area contributed by atoms with Gasteiger partial charge in [-0.25, -0.2) is 0 Å². The fraction of sp³-hybridized carbons (Fsp3) is 0.905. The van der Waals surface area contributed by atoms with E-state index in [1.54, 1.807) is 9.58 Å². The van der Waals surface area contributed by atoms with Crippen LogP contribution in [0, 0.1) is 43.3 Å². The van der Waals surface area contributed by atoms with Gasteiger partial charge in [-0.3, -0.25) is 38.2 Å². The molecule has 0 bridgehead atoms. The van der Waals surface area contributed by atoms with Crippen LogP contribution in [0.15, 0.2) is 6.20 Å². The molecule has 0 saturated heterocycles. The number of hydrogen-bond donors (Lipinski definition) is 6. The Balaban J connectivity index is 2.26. The summed E-state index contributed by atoms with van der Waals surface area (Å²) >= 11 is 0. The first kappa shape index (κ1) is 117. The van der Waals surface area contributed by atoms with Crippen LogP contribution in [0.5, 0.6) is 0 Å². The number of amides is 7. The van der Waals surface area contributed by atoms with Gasteiger partial charge in [0.2, 0.25) is 41.4 Å². The second-order valence-corrected chi connectivity index (χ2v) is 42.6. The summed E-state index contributed by atoms with van der Waals surface area (Å²) in [5.74, 6) is -0.326. The smallest absolute Gasteiger partial charge is 0.225 e. The fourth-order valence-electron chi connectivity index (χ4n) is 12.3. The zero-order chi connectivity index (χ0) is 93.9. The molecule has 0 aliphatic heterocycles. The van der Waals surface area contributed by atoms with E-state index in [-0.39, 0.29) is 95.5 Å². The molecule has 6 N–H and O–H groups in total. The molecule has 124 heavy (non-hydrogen) atoms. The maximum atomic E-state index is 13.5. The number of nitrogens with one attached hydrogen (secondary N) is 6. The van der Waals surface area contributed by atoms with Crippen LogP contribution in [0.4, 0.5) is 0 Å². The van der Waals surface area contributed by atoms with Crippen LogP contribution in [-0.4, -0.2) is 268 Å². The van der Waals surface area contributed by atoms with Crippen LogP contribution in [0.25, 0.3) is 0 Å². The average molecular weight is 1770 g/mol. The lowest BCUT2D eigenvalue weighted by atomic mass is 9.79. The summed E-state index contributed by atoms with van der Waals surface area (Å²) in [5, 5.41) is 27.0. The highest BCUT2D eigenvalue weighted by molar-refractivity contribution is 5.83. The summed E-state index contributed by atoms with van der Waals surface area (Å²) in [7, 11) is 0. The molecule has 0 spiro atoms. The fourth-order valence-corrected chi connectivity index (χ4v) is 12.3. The van der Waals surface area contributed by atoms with E-state index in [0.717, 1.165) is 50.6 Å². The van der Waals surface area contributed by atoms with Crippen molar-refractivity contribution in [2.24, 2.45) is 43.3 Å². The highest BCUT2D eigenvalue weighted by atomic mass is 16.6. The summed E-state index contributed by atoms with van der Waals surface area (Å²) in [6.45, 7) is 67.1. The molecule has 29 heteroatoms. The molecule has 1 rings (SSSR count). The first-order valence-corrected chi connectivity index (χ1v) is 46.6. The number of aromatic nitrogens is 3. The van der Waals surface area contributed by atoms with Crippen LogP contribution in [-0.2, 0) is 103 Å². The van der Waals surface area contributed by atoms with Crippen LogP contribution >= 0.6 is 0 Å². The molecule has 29 nitrogen and oxygen atoms in total. The van der Waals surface area contributed by atoms with Gasteiger partial charge in [-0.1, -0.05) is 143 Å². The molecule has 0 aliphatic rings. The Morgan fingerprint density at radius 2 is 0.613 bits per heavy atom. The first-order valence-electron chi connectivity index (χ1n) is 46.6. The molecule has 726 valence electrons. The Morgan fingerprint density at radius 3 is 0.911 bits per heavy atom. The van der Waals surface area contributed by atoms with Crippen molar-refractivity contribution in [2.75, 3.05) is 184 Å². The number of hydrogen-bond acceptors (Lipinski definition) is 21. The topological polar surface area (TPSA) is 336 Å². The van der Waals surface area contributed by atoms with Crippen molar-refractivity contribution < 1.29 is 90.4 Å². The minimum absolute atomic E-state index is 0.0133. The van der Waals surface area contributed by atoms with E-state index in [1.165, 1.54) is 0 Å². The van der Waals surface area contributed by atoms with Crippen molar-refractivity contribution in [3.8, 4) is 0 Å². The minimum atomic E-state index is -0.661. The monoisotopic (exact) mass is 1770 g/mol. The molecule has 0 saturated carbocycles. The van der Waals surface area contributed by atoms with Crippen molar-refractivity contribution in [2.45, 2.75) is 331 Å². The number of ether oxygens (including phenoxy) is 12. The summed E-state index contributed by atoms with van der Waals surface area (Å²) in [6.07, 6.45) is 14.4. The van der Waals surface area contributed by atoms with Crippen LogP contribution in [0.2, 0.25) is 0 Å². The average Bonchev–Trinajstić information content (AvgIpc) is 1.31. The standard InChI is InChI=1S/C95H182N10O19/c1-28-29-30-76-73-105(103-102-76)50-31-79(108)104(51-59-115-63-67-119-71-69-117-65-61-113-53-32-77(106)96-46-38-92(20,21)121-55-42-88(12,13)80(109)98-48-40-94(24,25)123-57-44-90(16,17)82(111)100-74-86(8,9)36-34-84(2,3)4)52-60-116-64-68-120-72-70-118-66-62-114-54-33-78(107)97-47-39-93(22,23)122-56-43-89(14,15)81(110)99-49-41-95(26,27)124-58-45-91(18,19)83(112)101-75-87(10,11)37-35-85(5,6)7/h73H,28-72,74-75H2,1-27H3,(H,96,106)(H,97,107)(H,98,109)(H,99,110)(H,100,111)(H,101,112). The molecule has 0 fully saturated rings. The molecule has 0 radical (unpaired) electrons. The Labute approximate surface area is 751 Å². The lowest BCUT2D eigenvalue weighted by Gasteiger charge is -2.32. The van der Waals surface area contributed by atoms with E-state index in [0.29, 0.717) is 229 Å². The van der Waals surface area contributed by atoms with Gasteiger partial charge in [-0.2, -0.15) is 0 Å². The highest BCUT2D eigenvalue weighted by Gasteiger charge is 2.36. The number of carbonyl (C=O) groups is 7. The normalized spacial score (nSPS) is 13.2. The molecule has 0 unspecified atom stereocenters. The van der Waals surface area contributed by atoms with Gasteiger partial charge >= 0.3 is 0 Å². The quantitative estimate of drug-likeness (QED) is 0.0330. The van der Waals surface area contributed by atoms with Crippen molar-refractivity contribution in [1.82, 2.24) is 51.8 Å². The molecular weight excluding hydrogens is 1590 g/mol. The van der Waals surface area contributed by atoms with Gasteiger partial charge in [0.05, 0.1) is 140 Å². The molecule has 0 aromatic carbocycles. The molecule has 0 atom stereocenters. The van der Waals surface area contributed by atoms with E-state index in [2.05, 4.69) is 118 Å². The number of aryl methyl sites for hydroxylation is 2. The Bertz CT molecular complexity index is 2930. The van der Waals surface area contributed by atoms with Crippen LogP contribution < -0.4 is 31.9 Å². The van der Waals surface area contributed by atoms with Gasteiger partial charge in [0, 0.05) is 126 Å². The molecule has 1 aromatic rings. The highest BCUT2D eigenvalue weighted by Crippen LogP contribution is 2.34. The van der Waals surface area contributed by atoms with Crippen molar-refractivity contribution in [3.63, 3.8) is 0 Å². The molecular formula is C95H182N10O19. The Hall–Kier alpha value is -5.05. The van der Waals surface area contributed by atoms with E-state index in [9.17, 15) is 33.6 Å². The van der Waals surface area contributed by atoms with Crippen LogP contribution in [0.3, 0.4) is 0 Å². The zero-order valence-corrected chi connectivity index (χ0v) is 83.4. The molecule has 1 aromatic heterocycles. The van der Waals surface area contributed by atoms with Gasteiger partial charge in [-0.15, -0.1) is 5.10 Å². The maximum Gasteiger partial charge on any atom is 0.225 e. The largest absolute Gasteiger partial charge is 0.379 e. The van der Waals surface area contributed by atoms with E-state index < -0.39 is 44.1 Å². The predicted octanol–water partition coefficient (Wildman–Crippen LogP) is 13.6. The summed E-state index contributed by atoms with van der Waals surface area (Å²) in [6, 6.07) is 0. The molecule has 7 amide bonds. The van der Waals surface area contributed by atoms with Gasteiger partial charge in [0.25, 0.3) is 0 Å². The van der Waals surface area contributed by atoms with E-state index >= 15 is 0 Å². The zero-order valence-electron chi connectivity index (χ0n) is 83.4. The van der Waals surface area contributed by atoms with Gasteiger partial charge in [0.1, 0.15) is 0 Å². The predicted molar refractivity (Wildman–Crippen MR) is 491 cm³/mol. The molecule has 1 heterocycles. The lowest BCUT2D eigenvalue weighted by Crippen LogP contribution is -2.43. The Kier molecular flexibility index (Phi) is 55.9. The Morgan fingerprint density at radius 1 is 0.331 bits per heavy atom. The van der Waals surface area contributed by atoms with Gasteiger partial charge in [-0.05, 0) is 167 Å². The number of rotatable bonds is 76. The summed E-state index contributed by atoms with van der Waals surface area (Å²) in [4.78, 5) is 93.4. The second kappa shape index (κ2) is 59.3. The van der Waals surface area contributed by atoms with Crippen molar-refractivity contribution in [3.05, 3.63) is 11.9 Å². The number of nitrogens with zero attached hydrogens (tertiary/aromatic N) is 4. The minimum Gasteiger partial charge on any atom is -0.379 e. The van der Waals surface area contributed by atoms with Gasteiger partial charge in [0.15, 0.2) is 0 Å². The SMILES string of the molecule is CCCCc1cn(CCC(=O)N(CCOCCOCCOCCOCCC(=O)NCCC(C)(C)OCCC(C)(C)C(=O)NCCC(C)(C)OCCC(C)(C)C(=O)NCC(C)(C)CCC(C)(C)C)CCOCCOCCOCCOCCC(=O)NCCC(C)(C)OCCC(C)(C)C(=O)NCCC(C)(C)OCCC(C)(C)C(=O)NCC(C)(C)CCC(C)(C)C)nn1. The van der Waals surface area contributed by atoms with E-state index in [1.807, 2.05) is 117 Å². The van der Waals surface area contributed by atoms with Crippen molar-refractivity contribution >= 4 is 41.4 Å². The molecule has 0 aliphatic carbocycles. The third-order valence-corrected chi connectivity index (χ3v) is 22.5. The van der Waals surface area contributed by atoms with Crippen molar-refractivity contribution in [1.29, 1.82) is 0 Å². The first-order chi connectivity index (χ1) is 57.5. The maximum absolute atomic E-state index is 13.5. The van der Waals surface area contributed by atoms with E-state index in [4.69, 9.17) is 56.8 Å². The summed E-state index contributed by atoms with van der Waals surface area (Å²) in [5.41, 5.74) is -3.05. The second-order valence-electron chi connectivity index (χ2n) is 42.6.